The summed E-state index contributed by atoms with van der Waals surface area (Å²) in [6.07, 6.45) is 1.40. The van der Waals surface area contributed by atoms with Crippen molar-refractivity contribution < 1.29 is 9.53 Å². The van der Waals surface area contributed by atoms with Crippen LogP contribution in [-0.4, -0.2) is 42.6 Å². The molecule has 0 aromatic rings. The number of rotatable bonds is 2. The molecule has 1 rings (SSSR count). The molecule has 0 spiro atoms. The zero-order chi connectivity index (χ0) is 12.3. The minimum absolute atomic E-state index is 0.128. The molecule has 0 aromatic heterocycles. The lowest BCUT2D eigenvalue weighted by atomic mass is 9.90. The van der Waals surface area contributed by atoms with Crippen LogP contribution < -0.4 is 5.73 Å². The molecule has 4 heteroatoms. The van der Waals surface area contributed by atoms with Crippen LogP contribution in [0.15, 0.2) is 0 Å². The molecule has 0 radical (unpaired) electrons. The van der Waals surface area contributed by atoms with Gasteiger partial charge in [-0.25, -0.2) is 0 Å². The van der Waals surface area contributed by atoms with Gasteiger partial charge >= 0.3 is 5.97 Å². The van der Waals surface area contributed by atoms with E-state index < -0.39 is 5.60 Å². The molecule has 1 heterocycles. The Bertz CT molecular complexity index is 248. The molecule has 0 bridgehead atoms. The van der Waals surface area contributed by atoms with Gasteiger partial charge in [0, 0.05) is 12.6 Å². The Kier molecular flexibility index (Phi) is 4.33. The first kappa shape index (κ1) is 13.5. The van der Waals surface area contributed by atoms with Crippen LogP contribution in [0.1, 0.15) is 33.6 Å². The Labute approximate surface area is 98.1 Å². The van der Waals surface area contributed by atoms with Crippen LogP contribution in [0.3, 0.4) is 0 Å². The highest BCUT2D eigenvalue weighted by molar-refractivity contribution is 5.70. The average Bonchev–Trinajstić information content (AvgIpc) is 2.08. The quantitative estimate of drug-likeness (QED) is 0.716. The zero-order valence-corrected chi connectivity index (χ0v) is 10.8. The summed E-state index contributed by atoms with van der Waals surface area (Å²) in [6.45, 7) is 7.57. The van der Waals surface area contributed by atoms with Gasteiger partial charge in [0.05, 0.1) is 6.42 Å². The van der Waals surface area contributed by atoms with Gasteiger partial charge < -0.3 is 15.4 Å². The van der Waals surface area contributed by atoms with Crippen LogP contribution >= 0.6 is 0 Å². The van der Waals surface area contributed by atoms with E-state index in [0.717, 1.165) is 19.5 Å². The first-order valence-electron chi connectivity index (χ1n) is 5.94. The van der Waals surface area contributed by atoms with E-state index in [9.17, 15) is 4.79 Å². The summed E-state index contributed by atoms with van der Waals surface area (Å²) in [4.78, 5) is 13.9. The fraction of sp³-hybridized carbons (Fsp3) is 0.917. The van der Waals surface area contributed by atoms with Crippen LogP contribution in [0.4, 0.5) is 0 Å². The highest BCUT2D eigenvalue weighted by Crippen LogP contribution is 2.19. The minimum atomic E-state index is -0.401. The monoisotopic (exact) mass is 228 g/mol. The second-order valence-electron chi connectivity index (χ2n) is 5.77. The van der Waals surface area contributed by atoms with Crippen LogP contribution in [0.5, 0.6) is 0 Å². The molecule has 16 heavy (non-hydrogen) atoms. The Balaban J connectivity index is 2.43. The molecule has 0 saturated carbocycles. The van der Waals surface area contributed by atoms with Gasteiger partial charge in [-0.05, 0) is 46.7 Å². The summed E-state index contributed by atoms with van der Waals surface area (Å²) in [7, 11) is 2.06. The van der Waals surface area contributed by atoms with Crippen LogP contribution in [-0.2, 0) is 9.53 Å². The number of carbonyl (C=O) groups is 1. The zero-order valence-electron chi connectivity index (χ0n) is 10.8. The third kappa shape index (κ3) is 4.49. The average molecular weight is 228 g/mol. The third-order valence-electron chi connectivity index (χ3n) is 2.84. The van der Waals surface area contributed by atoms with E-state index >= 15 is 0 Å². The smallest absolute Gasteiger partial charge is 0.306 e. The molecule has 0 amide bonds. The largest absolute Gasteiger partial charge is 0.460 e. The number of nitrogens with two attached hydrogens (primary N) is 1. The van der Waals surface area contributed by atoms with Gasteiger partial charge in [-0.1, -0.05) is 0 Å². The maximum absolute atomic E-state index is 11.7. The second-order valence-corrected chi connectivity index (χ2v) is 5.77. The summed E-state index contributed by atoms with van der Waals surface area (Å²) in [6, 6.07) is 0.128. The molecule has 2 atom stereocenters. The van der Waals surface area contributed by atoms with E-state index in [1.165, 1.54) is 0 Å². The van der Waals surface area contributed by atoms with Crippen LogP contribution in [0.25, 0.3) is 0 Å². The van der Waals surface area contributed by atoms with Crippen molar-refractivity contribution in [3.8, 4) is 0 Å². The Morgan fingerprint density at radius 3 is 2.69 bits per heavy atom. The summed E-state index contributed by atoms with van der Waals surface area (Å²) in [5.74, 6) is 0.0943. The number of hydrogen-bond donors (Lipinski definition) is 1. The summed E-state index contributed by atoms with van der Waals surface area (Å²) >= 11 is 0. The molecule has 0 aromatic carbocycles. The highest BCUT2D eigenvalue weighted by atomic mass is 16.6. The van der Waals surface area contributed by atoms with Crippen molar-refractivity contribution in [2.75, 3.05) is 20.1 Å². The Hall–Kier alpha value is -0.610. The van der Waals surface area contributed by atoms with Gasteiger partial charge in [-0.2, -0.15) is 0 Å². The van der Waals surface area contributed by atoms with E-state index in [2.05, 4.69) is 11.9 Å². The van der Waals surface area contributed by atoms with Gasteiger partial charge in [0.25, 0.3) is 0 Å². The molecule has 94 valence electrons. The lowest BCUT2D eigenvalue weighted by Gasteiger charge is -2.34. The van der Waals surface area contributed by atoms with Gasteiger partial charge in [0.15, 0.2) is 0 Å². The predicted octanol–water partition coefficient (Wildman–Crippen LogP) is 0.997. The maximum atomic E-state index is 11.7. The number of ether oxygens (including phenoxy) is 1. The molecule has 1 aliphatic heterocycles. The number of nitrogens with zero attached hydrogens (tertiary/aromatic N) is 1. The predicted molar refractivity (Wildman–Crippen MR) is 64.0 cm³/mol. The number of piperidine rings is 1. The van der Waals surface area contributed by atoms with Crippen LogP contribution in [0, 0.1) is 5.92 Å². The Morgan fingerprint density at radius 2 is 2.12 bits per heavy atom. The first-order chi connectivity index (χ1) is 7.28. The van der Waals surface area contributed by atoms with E-state index in [1.807, 2.05) is 20.8 Å². The van der Waals surface area contributed by atoms with Crippen molar-refractivity contribution in [1.82, 2.24) is 4.90 Å². The van der Waals surface area contributed by atoms with Gasteiger partial charge in [-0.3, -0.25) is 4.79 Å². The molecule has 1 fully saturated rings. The molecule has 1 saturated heterocycles. The second kappa shape index (κ2) is 5.15. The number of likely N-dealkylation sites (tertiary alicyclic amines) is 1. The van der Waals surface area contributed by atoms with Gasteiger partial charge in [0.2, 0.25) is 0 Å². The highest BCUT2D eigenvalue weighted by Gasteiger charge is 2.28. The van der Waals surface area contributed by atoms with Crippen LogP contribution in [0.2, 0.25) is 0 Å². The third-order valence-corrected chi connectivity index (χ3v) is 2.84. The number of hydrogen-bond acceptors (Lipinski definition) is 4. The van der Waals surface area contributed by atoms with Crippen molar-refractivity contribution in [2.45, 2.75) is 45.3 Å². The molecule has 0 aliphatic carbocycles. The van der Waals surface area contributed by atoms with Crippen molar-refractivity contribution in [3.63, 3.8) is 0 Å². The minimum Gasteiger partial charge on any atom is -0.460 e. The number of carbonyl (C=O) groups excluding carboxylic acids is 1. The fourth-order valence-corrected chi connectivity index (χ4v) is 2.05. The van der Waals surface area contributed by atoms with Crippen molar-refractivity contribution in [2.24, 2.45) is 11.7 Å². The van der Waals surface area contributed by atoms with E-state index in [-0.39, 0.29) is 17.9 Å². The lowest BCUT2D eigenvalue weighted by molar-refractivity contribution is -0.156. The molecular formula is C12H24N2O2. The fourth-order valence-electron chi connectivity index (χ4n) is 2.05. The van der Waals surface area contributed by atoms with E-state index in [1.54, 1.807) is 0 Å². The molecule has 4 nitrogen and oxygen atoms in total. The topological polar surface area (TPSA) is 55.6 Å². The SMILES string of the molecule is CN1CCC(N)C(CC(=O)OC(C)(C)C)C1. The Morgan fingerprint density at radius 1 is 1.50 bits per heavy atom. The van der Waals surface area contributed by atoms with Gasteiger partial charge in [0.1, 0.15) is 5.60 Å². The molecule has 2 unspecified atom stereocenters. The van der Waals surface area contributed by atoms with E-state index in [0.29, 0.717) is 6.42 Å². The summed E-state index contributed by atoms with van der Waals surface area (Å²) in [5.41, 5.74) is 5.62. The van der Waals surface area contributed by atoms with Crippen molar-refractivity contribution in [3.05, 3.63) is 0 Å². The number of esters is 1. The summed E-state index contributed by atoms with van der Waals surface area (Å²) < 4.78 is 5.31. The normalized spacial score (nSPS) is 27.8. The lowest BCUT2D eigenvalue weighted by Crippen LogP contribution is -2.46. The maximum Gasteiger partial charge on any atom is 0.306 e. The molecular weight excluding hydrogens is 204 g/mol. The van der Waals surface area contributed by atoms with Gasteiger partial charge in [-0.15, -0.1) is 0 Å². The van der Waals surface area contributed by atoms with Crippen molar-refractivity contribution in [1.29, 1.82) is 0 Å². The van der Waals surface area contributed by atoms with Crippen molar-refractivity contribution >= 4 is 5.97 Å². The standard InChI is InChI=1S/C12H24N2O2/c1-12(2,3)16-11(15)7-9-8-14(4)6-5-10(9)13/h9-10H,5-8,13H2,1-4H3. The molecule has 2 N–H and O–H groups in total. The first-order valence-corrected chi connectivity index (χ1v) is 5.94. The van der Waals surface area contributed by atoms with E-state index in [4.69, 9.17) is 10.5 Å². The summed E-state index contributed by atoms with van der Waals surface area (Å²) in [5, 5.41) is 0. The molecule has 1 aliphatic rings.